The molecule has 0 aromatic rings. The van der Waals surface area contributed by atoms with Crippen LogP contribution in [0.4, 0.5) is 0 Å². The summed E-state index contributed by atoms with van der Waals surface area (Å²) in [5, 5.41) is 15.3. The number of hydrogen-bond acceptors (Lipinski definition) is 8. The van der Waals surface area contributed by atoms with Gasteiger partial charge in [0.15, 0.2) is 12.3 Å². The molecule has 0 spiro atoms. The molecule has 0 aromatic heterocycles. The van der Waals surface area contributed by atoms with Crippen molar-refractivity contribution in [3.8, 4) is 0 Å². The molecule has 2 aliphatic heterocycles. The van der Waals surface area contributed by atoms with Crippen molar-refractivity contribution in [3.05, 3.63) is 19.6 Å². The average Bonchev–Trinajstić information content (AvgIpc) is 2.44. The van der Waals surface area contributed by atoms with Gasteiger partial charge in [0, 0.05) is 0 Å². The summed E-state index contributed by atoms with van der Waals surface area (Å²) in [5.74, 6) is 0. The summed E-state index contributed by atoms with van der Waals surface area (Å²) >= 11 is 0. The number of hydrogen-bond donors (Lipinski definition) is 0. The van der Waals surface area contributed by atoms with Crippen molar-refractivity contribution in [2.24, 2.45) is 21.1 Å². The van der Waals surface area contributed by atoms with Crippen molar-refractivity contribution in [1.29, 1.82) is 0 Å². The molecule has 2 heterocycles. The molecule has 0 atom stereocenters. The highest BCUT2D eigenvalue weighted by atomic mass is 16.3. The maximum atomic E-state index is 10.7. The van der Waals surface area contributed by atoms with E-state index in [2.05, 4.69) is 21.1 Å². The first-order valence-electron chi connectivity index (χ1n) is 5.16. The fourth-order valence-electron chi connectivity index (χ4n) is 2.22. The normalized spacial score (nSPS) is 27.6. The van der Waals surface area contributed by atoms with Crippen molar-refractivity contribution >= 4 is 0 Å². The van der Waals surface area contributed by atoms with E-state index in [0.717, 1.165) is 20.0 Å². The number of nitrogens with zero attached hydrogens (tertiary/aromatic N) is 8. The van der Waals surface area contributed by atoms with Gasteiger partial charge in [0.2, 0.25) is 0 Å². The van der Waals surface area contributed by atoms with E-state index in [1.165, 1.54) is 0 Å². The molecule has 0 unspecified atom stereocenters. The van der Waals surface area contributed by atoms with E-state index in [1.54, 1.807) is 0 Å². The summed E-state index contributed by atoms with van der Waals surface area (Å²) in [4.78, 5) is 42.9. The minimum absolute atomic E-state index is 0.106. The summed E-state index contributed by atoms with van der Waals surface area (Å²) < 4.78 is 0. The Labute approximate surface area is 100 Å². The Kier molecular flexibility index (Phi) is 3.25. The molecular weight excluding hydrogens is 248 g/mol. The van der Waals surface area contributed by atoms with Crippen LogP contribution in [0.3, 0.4) is 0 Å². The molecule has 0 aliphatic carbocycles. The minimum atomic E-state index is -0.946. The molecule has 2 rings (SSSR count). The zero-order valence-electron chi connectivity index (χ0n) is 9.19. The van der Waals surface area contributed by atoms with Gasteiger partial charge in [-0.15, -0.1) is 19.6 Å². The lowest BCUT2D eigenvalue weighted by molar-refractivity contribution is -0.154. The highest BCUT2D eigenvalue weighted by molar-refractivity contribution is 4.91. The van der Waals surface area contributed by atoms with Crippen LogP contribution in [-0.4, -0.2) is 58.5 Å². The van der Waals surface area contributed by atoms with Gasteiger partial charge in [-0.1, -0.05) is 0 Å². The Morgan fingerprint density at radius 2 is 0.778 bits per heavy atom. The van der Waals surface area contributed by atoms with Gasteiger partial charge in [0.05, 0.1) is 47.3 Å². The van der Waals surface area contributed by atoms with Gasteiger partial charge in [0.1, 0.15) is 0 Å². The predicted molar refractivity (Wildman–Crippen MR) is 57.6 cm³/mol. The first kappa shape index (κ1) is 12.1. The number of nitroso groups, excluding NO2 is 4. The summed E-state index contributed by atoms with van der Waals surface area (Å²) in [5.41, 5.74) is 0. The number of rotatable bonds is 4. The van der Waals surface area contributed by atoms with Crippen LogP contribution in [0.25, 0.3) is 0 Å². The molecule has 98 valence electrons. The number of piperazine rings is 2. The van der Waals surface area contributed by atoms with Crippen LogP contribution in [0.5, 0.6) is 0 Å². The highest BCUT2D eigenvalue weighted by Crippen LogP contribution is 2.27. The molecule has 0 radical (unpaired) electrons. The zero-order valence-corrected chi connectivity index (χ0v) is 9.19. The molecule has 0 saturated carbocycles. The lowest BCUT2D eigenvalue weighted by Gasteiger charge is -2.49. The highest BCUT2D eigenvalue weighted by Gasteiger charge is 2.48. The minimum Gasteiger partial charge on any atom is -0.231 e. The van der Waals surface area contributed by atoms with E-state index in [-0.39, 0.29) is 26.2 Å². The van der Waals surface area contributed by atoms with Crippen LogP contribution in [-0.2, 0) is 0 Å². The lowest BCUT2D eigenvalue weighted by atomic mass is 10.2. The fourth-order valence-corrected chi connectivity index (χ4v) is 2.22. The molecule has 2 fully saturated rings. The summed E-state index contributed by atoms with van der Waals surface area (Å²) in [6.45, 7) is 0.425. The number of fused-ring (bicyclic) bond motifs is 1. The maximum Gasteiger partial charge on any atom is 0.182 e. The van der Waals surface area contributed by atoms with Crippen molar-refractivity contribution in [2.45, 2.75) is 12.3 Å². The second kappa shape index (κ2) is 4.85. The van der Waals surface area contributed by atoms with Crippen LogP contribution in [0.15, 0.2) is 21.1 Å². The quantitative estimate of drug-likeness (QED) is 0.622. The summed E-state index contributed by atoms with van der Waals surface area (Å²) in [6.07, 6.45) is -1.89. The smallest absolute Gasteiger partial charge is 0.182 e. The molecule has 12 nitrogen and oxygen atoms in total. The molecule has 0 N–H and O–H groups in total. The van der Waals surface area contributed by atoms with E-state index < -0.39 is 12.3 Å². The lowest BCUT2D eigenvalue weighted by Crippen LogP contribution is -2.70. The van der Waals surface area contributed by atoms with Crippen LogP contribution in [0, 0.1) is 19.6 Å². The van der Waals surface area contributed by atoms with E-state index in [9.17, 15) is 19.6 Å². The van der Waals surface area contributed by atoms with E-state index in [0.29, 0.717) is 0 Å². The first-order valence-corrected chi connectivity index (χ1v) is 5.16. The predicted octanol–water partition coefficient (Wildman–Crippen LogP) is -0.401. The van der Waals surface area contributed by atoms with Crippen LogP contribution in [0.2, 0.25) is 0 Å². The van der Waals surface area contributed by atoms with Gasteiger partial charge in [0.25, 0.3) is 0 Å². The molecule has 0 amide bonds. The summed E-state index contributed by atoms with van der Waals surface area (Å²) in [7, 11) is 0. The standard InChI is InChI=1S/C6H10N8O4/c15-7-11-1-2-12(8-16)6-5(11)13(9-17)3-4-14(6)10-18/h5-6H,1-4H2. The van der Waals surface area contributed by atoms with Gasteiger partial charge in [-0.3, -0.25) is 0 Å². The topological polar surface area (TPSA) is 131 Å². The third kappa shape index (κ3) is 1.70. The molecule has 0 aromatic carbocycles. The van der Waals surface area contributed by atoms with Crippen molar-refractivity contribution < 1.29 is 0 Å². The largest absolute Gasteiger partial charge is 0.231 e. The Morgan fingerprint density at radius 1 is 0.556 bits per heavy atom. The maximum absolute atomic E-state index is 10.7. The third-order valence-electron chi connectivity index (χ3n) is 3.02. The summed E-state index contributed by atoms with van der Waals surface area (Å²) in [6, 6.07) is 0. The Bertz CT molecular complexity index is 299. The van der Waals surface area contributed by atoms with E-state index in [1.807, 2.05) is 0 Å². The molecule has 2 aliphatic rings. The van der Waals surface area contributed by atoms with Gasteiger partial charge in [-0.2, -0.15) is 0 Å². The molecule has 2 saturated heterocycles. The van der Waals surface area contributed by atoms with Gasteiger partial charge in [-0.05, 0) is 0 Å². The molecule has 12 heteroatoms. The van der Waals surface area contributed by atoms with Crippen molar-refractivity contribution in [2.75, 3.05) is 26.2 Å². The van der Waals surface area contributed by atoms with Gasteiger partial charge >= 0.3 is 0 Å². The SMILES string of the molecule is O=NN1CCN(N=O)C2C1N(N=O)CCN2N=O. The zero-order chi connectivity index (χ0) is 13.1. The van der Waals surface area contributed by atoms with Crippen LogP contribution >= 0.6 is 0 Å². The Balaban J connectivity index is 2.35. The van der Waals surface area contributed by atoms with E-state index in [4.69, 9.17) is 0 Å². The van der Waals surface area contributed by atoms with E-state index >= 15 is 0 Å². The third-order valence-corrected chi connectivity index (χ3v) is 3.02. The Hall–Kier alpha value is -2.40. The second-order valence-electron chi connectivity index (χ2n) is 3.81. The molecule has 0 bridgehead atoms. The van der Waals surface area contributed by atoms with Gasteiger partial charge in [-0.25, -0.2) is 20.0 Å². The molecular formula is C6H10N8O4. The van der Waals surface area contributed by atoms with Gasteiger partial charge < -0.3 is 0 Å². The average molecular weight is 258 g/mol. The van der Waals surface area contributed by atoms with Crippen LogP contribution < -0.4 is 0 Å². The first-order chi connectivity index (χ1) is 8.76. The molecule has 18 heavy (non-hydrogen) atoms. The second-order valence-corrected chi connectivity index (χ2v) is 3.81. The van der Waals surface area contributed by atoms with Crippen molar-refractivity contribution in [3.63, 3.8) is 0 Å². The van der Waals surface area contributed by atoms with Crippen LogP contribution in [0.1, 0.15) is 0 Å². The monoisotopic (exact) mass is 258 g/mol. The fraction of sp³-hybridized carbons (Fsp3) is 1.00. The Morgan fingerprint density at radius 3 is 0.944 bits per heavy atom. The van der Waals surface area contributed by atoms with Crippen molar-refractivity contribution in [1.82, 2.24) is 20.0 Å².